The van der Waals surface area contributed by atoms with E-state index < -0.39 is 0 Å². The minimum Gasteiger partial charge on any atom is -0.486 e. The van der Waals surface area contributed by atoms with Crippen LogP contribution in [0.25, 0.3) is 0 Å². The molecule has 1 heterocycles. The Hall–Kier alpha value is -2.06. The second-order valence-electron chi connectivity index (χ2n) is 7.03. The number of hydrogen-bond donors (Lipinski definition) is 2. The summed E-state index contributed by atoms with van der Waals surface area (Å²) in [7, 11) is 0. The largest absolute Gasteiger partial charge is 0.486 e. The third-order valence-corrected chi connectivity index (χ3v) is 6.09. The predicted molar refractivity (Wildman–Crippen MR) is 148 cm³/mol. The van der Waals surface area contributed by atoms with E-state index in [4.69, 9.17) is 19.6 Å². The van der Waals surface area contributed by atoms with Gasteiger partial charge in [0, 0.05) is 22.0 Å². The lowest BCUT2D eigenvalue weighted by Gasteiger charge is -2.19. The number of carbonyl (C=O) groups is 1. The SMILES string of the molecule is CC.CC.Cc1ccc(F)cc1NC(C)CC1CSC(COc2ccc(Br)cc2C)=N1.O=CO. The highest BCUT2D eigenvalue weighted by molar-refractivity contribution is 9.10. The van der Waals surface area contributed by atoms with E-state index in [-0.39, 0.29) is 24.4 Å². The van der Waals surface area contributed by atoms with Crippen molar-refractivity contribution in [1.82, 2.24) is 0 Å². The summed E-state index contributed by atoms with van der Waals surface area (Å²) in [6, 6.07) is 11.3. The molecule has 0 amide bonds. The molecule has 2 atom stereocenters. The number of aliphatic imine (C=N–C) groups is 1. The van der Waals surface area contributed by atoms with Gasteiger partial charge in [-0.2, -0.15) is 0 Å². The monoisotopic (exact) mass is 556 g/mol. The van der Waals surface area contributed by atoms with Crippen molar-refractivity contribution in [3.05, 3.63) is 57.8 Å². The summed E-state index contributed by atoms with van der Waals surface area (Å²) < 4.78 is 20.4. The lowest BCUT2D eigenvalue weighted by atomic mass is 10.1. The maximum atomic E-state index is 13.4. The van der Waals surface area contributed by atoms with Crippen molar-refractivity contribution in [2.75, 3.05) is 17.7 Å². The van der Waals surface area contributed by atoms with Gasteiger partial charge in [0.05, 0.1) is 6.04 Å². The number of rotatable bonds is 7. The molecule has 3 rings (SSSR count). The van der Waals surface area contributed by atoms with Crippen molar-refractivity contribution in [3.63, 3.8) is 0 Å². The first-order valence-electron chi connectivity index (χ1n) is 11.5. The summed E-state index contributed by atoms with van der Waals surface area (Å²) in [6.45, 7) is 14.4. The Morgan fingerprint density at radius 3 is 2.47 bits per heavy atom. The highest BCUT2D eigenvalue weighted by Gasteiger charge is 2.21. The molecule has 190 valence electrons. The van der Waals surface area contributed by atoms with Crippen LogP contribution in [0.3, 0.4) is 0 Å². The van der Waals surface area contributed by atoms with E-state index in [1.54, 1.807) is 23.9 Å². The number of nitrogens with zero attached hydrogens (tertiary/aromatic N) is 1. The Bertz CT molecular complexity index is 896. The van der Waals surface area contributed by atoms with Crippen molar-refractivity contribution in [2.45, 2.75) is 67.0 Å². The van der Waals surface area contributed by atoms with E-state index in [2.05, 4.69) is 28.2 Å². The first-order chi connectivity index (χ1) is 16.3. The molecule has 1 aliphatic rings. The van der Waals surface area contributed by atoms with Gasteiger partial charge in [0.15, 0.2) is 0 Å². The minimum atomic E-state index is -0.250. The second-order valence-corrected chi connectivity index (χ2v) is 9.04. The van der Waals surface area contributed by atoms with Crippen molar-refractivity contribution < 1.29 is 19.0 Å². The molecule has 0 bridgehead atoms. The smallest absolute Gasteiger partial charge is 0.290 e. The quantitative estimate of drug-likeness (QED) is 0.341. The summed E-state index contributed by atoms with van der Waals surface area (Å²) in [4.78, 5) is 13.2. The van der Waals surface area contributed by atoms with Crippen LogP contribution < -0.4 is 10.1 Å². The second kappa shape index (κ2) is 18.3. The maximum absolute atomic E-state index is 13.4. The molecule has 1 aliphatic heterocycles. The lowest BCUT2D eigenvalue weighted by Crippen LogP contribution is -2.22. The van der Waals surface area contributed by atoms with Gasteiger partial charge < -0.3 is 15.2 Å². The Morgan fingerprint density at radius 1 is 1.21 bits per heavy atom. The van der Waals surface area contributed by atoms with Gasteiger partial charge in [0.2, 0.25) is 0 Å². The zero-order valence-corrected chi connectivity index (χ0v) is 23.6. The number of halogens is 2. The number of ether oxygens (including phenoxy) is 1. The zero-order valence-electron chi connectivity index (χ0n) is 21.2. The average molecular weight is 558 g/mol. The predicted octanol–water partition coefficient (Wildman–Crippen LogP) is 7.74. The summed E-state index contributed by atoms with van der Waals surface area (Å²) in [6.07, 6.45) is 0.907. The molecule has 0 aromatic heterocycles. The summed E-state index contributed by atoms with van der Waals surface area (Å²) in [5.74, 6) is 1.64. The van der Waals surface area contributed by atoms with Gasteiger partial charge in [-0.3, -0.25) is 9.79 Å². The Kier molecular flexibility index (Phi) is 17.2. The van der Waals surface area contributed by atoms with Crippen LogP contribution in [-0.4, -0.2) is 41.1 Å². The third kappa shape index (κ3) is 11.9. The van der Waals surface area contributed by atoms with Crippen LogP contribution in [-0.2, 0) is 4.79 Å². The van der Waals surface area contributed by atoms with Gasteiger partial charge in [-0.05, 0) is 68.7 Å². The summed E-state index contributed by atoms with van der Waals surface area (Å²) >= 11 is 5.23. The molecule has 0 aliphatic carbocycles. The van der Waals surface area contributed by atoms with Crippen molar-refractivity contribution in [1.29, 1.82) is 0 Å². The molecule has 0 radical (unpaired) electrons. The molecule has 5 nitrogen and oxygen atoms in total. The summed E-state index contributed by atoms with van der Waals surface area (Å²) in [5, 5.41) is 11.3. The van der Waals surface area contributed by atoms with Crippen LogP contribution >= 0.6 is 27.7 Å². The van der Waals surface area contributed by atoms with E-state index in [1.807, 2.05) is 59.7 Å². The normalized spacial score (nSPS) is 14.6. The van der Waals surface area contributed by atoms with Crippen LogP contribution in [0.5, 0.6) is 5.75 Å². The molecule has 2 aromatic carbocycles. The average Bonchev–Trinajstić information content (AvgIpc) is 3.26. The third-order valence-electron chi connectivity index (χ3n) is 4.48. The molecular formula is C26H38BrFN2O3S. The van der Waals surface area contributed by atoms with Crippen LogP contribution in [0, 0.1) is 19.7 Å². The van der Waals surface area contributed by atoms with Gasteiger partial charge in [-0.15, -0.1) is 11.8 Å². The maximum Gasteiger partial charge on any atom is 0.290 e. The topological polar surface area (TPSA) is 70.9 Å². The molecule has 0 fully saturated rings. The number of hydrogen-bond acceptors (Lipinski definition) is 5. The van der Waals surface area contributed by atoms with Gasteiger partial charge in [-0.1, -0.05) is 49.7 Å². The van der Waals surface area contributed by atoms with E-state index in [1.165, 1.54) is 6.07 Å². The Balaban J connectivity index is 0.00000141. The fourth-order valence-corrected chi connectivity index (χ4v) is 4.50. The molecule has 2 unspecified atom stereocenters. The highest BCUT2D eigenvalue weighted by atomic mass is 79.9. The van der Waals surface area contributed by atoms with Gasteiger partial charge in [0.25, 0.3) is 6.47 Å². The molecule has 2 aromatic rings. The van der Waals surface area contributed by atoms with Gasteiger partial charge >= 0.3 is 0 Å². The molecule has 2 N–H and O–H groups in total. The van der Waals surface area contributed by atoms with E-state index in [0.29, 0.717) is 6.61 Å². The van der Waals surface area contributed by atoms with Crippen molar-refractivity contribution in [2.24, 2.45) is 4.99 Å². The minimum absolute atomic E-state index is 0.215. The van der Waals surface area contributed by atoms with E-state index in [9.17, 15) is 4.39 Å². The molecule has 0 saturated heterocycles. The lowest BCUT2D eigenvalue weighted by molar-refractivity contribution is -0.122. The van der Waals surface area contributed by atoms with Crippen LogP contribution in [0.2, 0.25) is 0 Å². The van der Waals surface area contributed by atoms with Crippen molar-refractivity contribution in [3.8, 4) is 5.75 Å². The highest BCUT2D eigenvalue weighted by Crippen LogP contribution is 2.26. The van der Waals surface area contributed by atoms with E-state index in [0.717, 1.165) is 44.3 Å². The fraction of sp³-hybridized carbons (Fsp3) is 0.462. The Labute approximate surface area is 216 Å². The van der Waals surface area contributed by atoms with Crippen LogP contribution in [0.4, 0.5) is 10.1 Å². The number of anilines is 1. The van der Waals surface area contributed by atoms with E-state index >= 15 is 0 Å². The van der Waals surface area contributed by atoms with Crippen molar-refractivity contribution >= 4 is 44.9 Å². The Morgan fingerprint density at radius 2 is 1.85 bits per heavy atom. The zero-order chi connectivity index (χ0) is 26.1. The standard InChI is InChI=1S/C21H24BrFN2OS.2C2H6.CH2O2/c1-13-4-6-17(23)10-19(13)24-15(3)9-18-12-27-21(25-18)11-26-20-7-5-16(22)8-14(20)2;2*1-2;2-1-3/h4-8,10,15,18,24H,9,11-12H2,1-3H3;2*1-2H3;1H,(H,2,3). The van der Waals surface area contributed by atoms with Crippen LogP contribution in [0.1, 0.15) is 52.2 Å². The summed E-state index contributed by atoms with van der Waals surface area (Å²) in [5.41, 5.74) is 3.01. The molecule has 0 saturated carbocycles. The van der Waals surface area contributed by atoms with Crippen LogP contribution in [0.15, 0.2) is 45.9 Å². The molecule has 0 spiro atoms. The first-order valence-corrected chi connectivity index (χ1v) is 13.3. The number of thioether (sulfide) groups is 1. The molecule has 8 heteroatoms. The van der Waals surface area contributed by atoms with Gasteiger partial charge in [0.1, 0.15) is 23.2 Å². The fourth-order valence-electron chi connectivity index (χ4n) is 3.07. The van der Waals surface area contributed by atoms with Gasteiger partial charge in [-0.25, -0.2) is 4.39 Å². The number of carboxylic acid groups (broad SMARTS) is 1. The first kappa shape index (κ1) is 31.9. The number of aryl methyl sites for hydroxylation is 2. The number of benzene rings is 2. The molecular weight excluding hydrogens is 519 g/mol. The molecule has 34 heavy (non-hydrogen) atoms. The number of nitrogens with one attached hydrogen (secondary N) is 1.